The van der Waals surface area contributed by atoms with Gasteiger partial charge in [-0.15, -0.1) is 0 Å². The standard InChI is InChI=1S/C17H24INO3S/c1-12(6-8-16(19-5)22-11-18(3)4)13(2)10-15-14(20)7-9-17(21)23-15/h6-9,13,15H,1,10-11H2,2-5H3/b8-6-,19-16?/t13-,15?/m1/s1. The third-order valence-electron chi connectivity index (χ3n) is 3.24. The number of aliphatic imine (C=N–C) groups is 1. The van der Waals surface area contributed by atoms with E-state index >= 15 is 0 Å². The Morgan fingerprint density at radius 1 is 1.43 bits per heavy atom. The summed E-state index contributed by atoms with van der Waals surface area (Å²) in [6, 6.07) is 0. The third-order valence-corrected chi connectivity index (χ3v) is 5.88. The molecule has 0 amide bonds. The van der Waals surface area contributed by atoms with Crippen molar-refractivity contribution in [2.45, 2.75) is 18.6 Å². The molecule has 2 atom stereocenters. The molecule has 0 aliphatic carbocycles. The first-order chi connectivity index (χ1) is 10.8. The van der Waals surface area contributed by atoms with Crippen molar-refractivity contribution in [1.82, 2.24) is 0 Å². The molecule has 0 saturated carbocycles. The number of halogens is 1. The number of ketones is 1. The summed E-state index contributed by atoms with van der Waals surface area (Å²) in [5.74, 6) is 0.705. The van der Waals surface area contributed by atoms with Crippen LogP contribution in [-0.2, 0) is 14.3 Å². The zero-order valence-corrected chi connectivity index (χ0v) is 17.0. The van der Waals surface area contributed by atoms with E-state index in [1.165, 1.54) is 12.2 Å². The molecule has 23 heavy (non-hydrogen) atoms. The molecular weight excluding hydrogens is 425 g/mol. The Bertz CT molecular complexity index is 552. The Labute approximate surface area is 149 Å². The van der Waals surface area contributed by atoms with E-state index in [2.05, 4.69) is 21.4 Å². The molecule has 6 heteroatoms. The van der Waals surface area contributed by atoms with Gasteiger partial charge >= 0.3 is 150 Å². The molecule has 1 aliphatic heterocycles. The molecule has 0 bridgehead atoms. The monoisotopic (exact) mass is 449 g/mol. The second kappa shape index (κ2) is 10.1. The van der Waals surface area contributed by atoms with Crippen LogP contribution in [0.1, 0.15) is 13.3 Å². The fourth-order valence-corrected chi connectivity index (χ4v) is 3.78. The fraction of sp³-hybridized carbons (Fsp3) is 0.471. The van der Waals surface area contributed by atoms with Gasteiger partial charge in [0.1, 0.15) is 0 Å². The van der Waals surface area contributed by atoms with Crippen molar-refractivity contribution in [2.24, 2.45) is 10.9 Å². The van der Waals surface area contributed by atoms with Gasteiger partial charge < -0.3 is 0 Å². The molecule has 0 aromatic carbocycles. The molecule has 128 valence electrons. The van der Waals surface area contributed by atoms with Crippen LogP contribution < -0.4 is 0 Å². The Hall–Kier alpha value is -0.890. The number of nitrogens with zero attached hydrogens (tertiary/aromatic N) is 1. The number of ether oxygens (including phenoxy) is 1. The Balaban J connectivity index is 2.56. The number of alkyl halides is 3. The predicted molar refractivity (Wildman–Crippen MR) is 108 cm³/mol. The summed E-state index contributed by atoms with van der Waals surface area (Å²) in [5, 5.41) is -0.369. The van der Waals surface area contributed by atoms with Crippen molar-refractivity contribution in [1.29, 1.82) is 0 Å². The molecule has 4 nitrogen and oxygen atoms in total. The Morgan fingerprint density at radius 3 is 2.74 bits per heavy atom. The topological polar surface area (TPSA) is 55.7 Å². The second-order valence-electron chi connectivity index (χ2n) is 5.43. The molecule has 1 unspecified atom stereocenters. The number of thioether (sulfide) groups is 1. The van der Waals surface area contributed by atoms with Crippen LogP contribution in [0.3, 0.4) is 0 Å². The first-order valence-electron chi connectivity index (χ1n) is 7.18. The molecule has 0 aromatic rings. The average molecular weight is 449 g/mol. The number of allylic oxidation sites excluding steroid dienone is 3. The van der Waals surface area contributed by atoms with Crippen LogP contribution in [-0.4, -0.2) is 43.6 Å². The maximum absolute atomic E-state index is 11.8. The van der Waals surface area contributed by atoms with Crippen molar-refractivity contribution in [3.63, 3.8) is 0 Å². The van der Waals surface area contributed by atoms with Gasteiger partial charge in [-0.05, 0) is 0 Å². The molecule has 0 fully saturated rings. The molecule has 0 saturated heterocycles. The van der Waals surface area contributed by atoms with Crippen molar-refractivity contribution >= 4 is 48.4 Å². The molecule has 1 heterocycles. The van der Waals surface area contributed by atoms with Gasteiger partial charge in [-0.3, -0.25) is 0 Å². The van der Waals surface area contributed by atoms with E-state index < -0.39 is 19.8 Å². The van der Waals surface area contributed by atoms with Gasteiger partial charge in [-0.2, -0.15) is 0 Å². The Morgan fingerprint density at radius 2 is 2.13 bits per heavy atom. The van der Waals surface area contributed by atoms with Crippen LogP contribution in [0.4, 0.5) is 0 Å². The van der Waals surface area contributed by atoms with Crippen molar-refractivity contribution in [2.75, 3.05) is 21.5 Å². The van der Waals surface area contributed by atoms with Crippen molar-refractivity contribution in [3.8, 4) is 0 Å². The number of carbonyl (C=O) groups is 2. The molecule has 1 rings (SSSR count). The molecule has 1 aliphatic rings. The Kier molecular flexibility index (Phi) is 8.83. The molecule has 0 aromatic heterocycles. The fourth-order valence-electron chi connectivity index (χ4n) is 1.83. The zero-order valence-electron chi connectivity index (χ0n) is 14.0. The SMILES string of the molecule is C=C(/C=C\C(=NC)OCI(C)C)[C@H](C)CC1SC(=O)C=CC1=O. The van der Waals surface area contributed by atoms with E-state index in [1.807, 2.05) is 19.1 Å². The normalized spacial score (nSPS) is 20.8. The van der Waals surface area contributed by atoms with Gasteiger partial charge in [-0.25, -0.2) is 0 Å². The van der Waals surface area contributed by atoms with Gasteiger partial charge in [0, 0.05) is 0 Å². The first kappa shape index (κ1) is 20.2. The molecule has 0 N–H and O–H groups in total. The summed E-state index contributed by atoms with van der Waals surface area (Å²) in [5.41, 5.74) is 0.897. The molecule has 0 radical (unpaired) electrons. The van der Waals surface area contributed by atoms with E-state index in [1.54, 1.807) is 7.05 Å². The van der Waals surface area contributed by atoms with Crippen LogP contribution in [0.15, 0.2) is 41.4 Å². The third kappa shape index (κ3) is 7.48. The van der Waals surface area contributed by atoms with E-state index in [0.29, 0.717) is 12.3 Å². The van der Waals surface area contributed by atoms with Crippen LogP contribution in [0.2, 0.25) is 0 Å². The molecule has 0 spiro atoms. The van der Waals surface area contributed by atoms with Gasteiger partial charge in [0.15, 0.2) is 0 Å². The summed E-state index contributed by atoms with van der Waals surface area (Å²) in [6.45, 7) is 6.06. The van der Waals surface area contributed by atoms with E-state index in [9.17, 15) is 9.59 Å². The van der Waals surface area contributed by atoms with Crippen molar-refractivity contribution < 1.29 is 14.3 Å². The van der Waals surface area contributed by atoms with Crippen LogP contribution in [0, 0.1) is 5.92 Å². The number of hydrogen-bond acceptors (Lipinski definition) is 5. The number of rotatable bonds is 7. The maximum atomic E-state index is 11.8. The first-order valence-corrected chi connectivity index (χ1v) is 13.9. The minimum absolute atomic E-state index is 0.0000931. The predicted octanol–water partition coefficient (Wildman–Crippen LogP) is 3.66. The average Bonchev–Trinajstić information content (AvgIpc) is 2.50. The van der Waals surface area contributed by atoms with E-state index in [4.69, 9.17) is 4.74 Å². The van der Waals surface area contributed by atoms with Gasteiger partial charge in [0.25, 0.3) is 0 Å². The van der Waals surface area contributed by atoms with Crippen LogP contribution in [0.5, 0.6) is 0 Å². The summed E-state index contributed by atoms with van der Waals surface area (Å²) in [6.07, 6.45) is 7.01. The zero-order chi connectivity index (χ0) is 17.4. The van der Waals surface area contributed by atoms with Crippen molar-refractivity contribution in [3.05, 3.63) is 36.5 Å². The van der Waals surface area contributed by atoms with Gasteiger partial charge in [-0.1, -0.05) is 0 Å². The van der Waals surface area contributed by atoms with Crippen LogP contribution >= 0.6 is 31.6 Å². The summed E-state index contributed by atoms with van der Waals surface area (Å²) in [7, 11) is 1.70. The van der Waals surface area contributed by atoms with Crippen LogP contribution in [0.25, 0.3) is 0 Å². The molecular formula is C17H24INO3S. The van der Waals surface area contributed by atoms with Gasteiger partial charge in [0.2, 0.25) is 0 Å². The number of carbonyl (C=O) groups excluding carboxylic acids is 2. The quantitative estimate of drug-likeness (QED) is 0.196. The number of hydrogen-bond donors (Lipinski definition) is 0. The summed E-state index contributed by atoms with van der Waals surface area (Å²) >= 11 is 0.154. The summed E-state index contributed by atoms with van der Waals surface area (Å²) in [4.78, 5) is 31.8. The minimum atomic E-state index is -0.943. The van der Waals surface area contributed by atoms with E-state index in [-0.39, 0.29) is 22.1 Å². The summed E-state index contributed by atoms with van der Waals surface area (Å²) < 4.78 is 6.41. The van der Waals surface area contributed by atoms with E-state index in [0.717, 1.165) is 21.9 Å². The van der Waals surface area contributed by atoms with Gasteiger partial charge in [0.05, 0.1) is 0 Å². The second-order valence-corrected chi connectivity index (χ2v) is 12.5.